The Morgan fingerprint density at radius 2 is 2.09 bits per heavy atom. The number of rotatable bonds is 3. The molecular formula is C16H25FIN3S. The van der Waals surface area contributed by atoms with Crippen molar-refractivity contribution in [2.24, 2.45) is 10.9 Å². The fraction of sp³-hybridized carbons (Fsp3) is 0.562. The van der Waals surface area contributed by atoms with E-state index >= 15 is 0 Å². The summed E-state index contributed by atoms with van der Waals surface area (Å²) in [6.45, 7) is 7.27. The van der Waals surface area contributed by atoms with Gasteiger partial charge in [-0.15, -0.1) is 24.0 Å². The van der Waals surface area contributed by atoms with Gasteiger partial charge in [-0.05, 0) is 23.6 Å². The van der Waals surface area contributed by atoms with Crippen molar-refractivity contribution in [1.29, 1.82) is 0 Å². The number of guanidine groups is 1. The molecule has 1 heterocycles. The first-order chi connectivity index (χ1) is 10.1. The Labute approximate surface area is 154 Å². The van der Waals surface area contributed by atoms with Gasteiger partial charge in [-0.1, -0.05) is 26.0 Å². The van der Waals surface area contributed by atoms with Crippen LogP contribution in [-0.4, -0.2) is 42.0 Å². The lowest BCUT2D eigenvalue weighted by molar-refractivity contribution is 0.380. The van der Waals surface area contributed by atoms with E-state index < -0.39 is 0 Å². The van der Waals surface area contributed by atoms with Crippen LogP contribution < -0.4 is 5.32 Å². The number of hydrogen-bond acceptors (Lipinski definition) is 2. The highest BCUT2D eigenvalue weighted by Gasteiger charge is 2.24. The Bertz CT molecular complexity index is 479. The van der Waals surface area contributed by atoms with Crippen LogP contribution in [0, 0.1) is 11.7 Å². The van der Waals surface area contributed by atoms with Crippen molar-refractivity contribution in [3.8, 4) is 0 Å². The molecule has 2 rings (SSSR count). The number of halogens is 2. The zero-order chi connectivity index (χ0) is 15.2. The Balaban J connectivity index is 0.00000242. The van der Waals surface area contributed by atoms with Gasteiger partial charge in [0.2, 0.25) is 0 Å². The molecule has 1 aromatic carbocycles. The van der Waals surface area contributed by atoms with Gasteiger partial charge >= 0.3 is 0 Å². The van der Waals surface area contributed by atoms with Crippen LogP contribution in [0.3, 0.4) is 0 Å². The van der Waals surface area contributed by atoms with Gasteiger partial charge < -0.3 is 10.2 Å². The van der Waals surface area contributed by atoms with Crippen molar-refractivity contribution in [3.05, 3.63) is 35.6 Å². The molecule has 1 fully saturated rings. The van der Waals surface area contributed by atoms with Crippen LogP contribution in [0.5, 0.6) is 0 Å². The monoisotopic (exact) mass is 437 g/mol. The molecule has 1 aliphatic rings. The average molecular weight is 437 g/mol. The van der Waals surface area contributed by atoms with Gasteiger partial charge in [-0.3, -0.25) is 4.99 Å². The third-order valence-corrected chi connectivity index (χ3v) is 5.25. The molecule has 0 saturated carbocycles. The maximum Gasteiger partial charge on any atom is 0.193 e. The first-order valence-electron chi connectivity index (χ1n) is 7.41. The fourth-order valence-corrected chi connectivity index (χ4v) is 3.69. The smallest absolute Gasteiger partial charge is 0.193 e. The van der Waals surface area contributed by atoms with Gasteiger partial charge in [-0.2, -0.15) is 11.8 Å². The predicted molar refractivity (Wildman–Crippen MR) is 105 cm³/mol. The molecule has 1 atom stereocenters. The SMILES string of the molecule is CN=C(NCc1ccc(F)cc1)N1CCSC(C(C)C)C1.I. The first-order valence-corrected chi connectivity index (χ1v) is 8.46. The lowest BCUT2D eigenvalue weighted by Gasteiger charge is -2.36. The second-order valence-corrected chi connectivity index (χ2v) is 6.97. The summed E-state index contributed by atoms with van der Waals surface area (Å²) in [5.41, 5.74) is 1.06. The minimum Gasteiger partial charge on any atom is -0.352 e. The number of thioether (sulfide) groups is 1. The number of nitrogens with zero attached hydrogens (tertiary/aromatic N) is 2. The summed E-state index contributed by atoms with van der Waals surface area (Å²) < 4.78 is 12.9. The molecule has 3 nitrogen and oxygen atoms in total. The van der Waals surface area contributed by atoms with Crippen LogP contribution in [0.2, 0.25) is 0 Å². The first kappa shape index (κ1) is 19.5. The van der Waals surface area contributed by atoms with Crippen molar-refractivity contribution < 1.29 is 4.39 Å². The summed E-state index contributed by atoms with van der Waals surface area (Å²) in [5.74, 6) is 2.55. The molecule has 0 radical (unpaired) electrons. The van der Waals surface area contributed by atoms with E-state index in [4.69, 9.17) is 0 Å². The number of benzene rings is 1. The highest BCUT2D eigenvalue weighted by Crippen LogP contribution is 2.24. The van der Waals surface area contributed by atoms with Gasteiger partial charge in [0, 0.05) is 37.7 Å². The van der Waals surface area contributed by atoms with Crippen LogP contribution in [0.25, 0.3) is 0 Å². The highest BCUT2D eigenvalue weighted by atomic mass is 127. The standard InChI is InChI=1S/C16H24FN3S.HI/c1-12(2)15-11-20(8-9-21-15)16(18-3)19-10-13-4-6-14(17)7-5-13;/h4-7,12,15H,8-11H2,1-3H3,(H,18,19);1H. The number of aliphatic imine (C=N–C) groups is 1. The Kier molecular flexibility index (Phi) is 8.53. The third kappa shape index (κ3) is 5.61. The largest absolute Gasteiger partial charge is 0.352 e. The molecule has 0 amide bonds. The van der Waals surface area contributed by atoms with E-state index in [-0.39, 0.29) is 29.8 Å². The summed E-state index contributed by atoms with van der Waals surface area (Å²) in [7, 11) is 1.82. The highest BCUT2D eigenvalue weighted by molar-refractivity contribution is 14.0. The minimum absolute atomic E-state index is 0. The summed E-state index contributed by atoms with van der Waals surface area (Å²) in [4.78, 5) is 6.71. The molecule has 6 heteroatoms. The van der Waals surface area contributed by atoms with E-state index in [1.165, 1.54) is 12.1 Å². The van der Waals surface area contributed by atoms with Crippen LogP contribution in [0.1, 0.15) is 19.4 Å². The number of hydrogen-bond donors (Lipinski definition) is 1. The predicted octanol–water partition coefficient (Wildman–Crippen LogP) is 3.59. The Morgan fingerprint density at radius 1 is 1.41 bits per heavy atom. The van der Waals surface area contributed by atoms with Gasteiger partial charge in [0.05, 0.1) is 0 Å². The molecule has 1 aromatic rings. The number of nitrogens with one attached hydrogen (secondary N) is 1. The van der Waals surface area contributed by atoms with Gasteiger partial charge in [0.25, 0.3) is 0 Å². The van der Waals surface area contributed by atoms with Crippen molar-refractivity contribution >= 4 is 41.7 Å². The van der Waals surface area contributed by atoms with Crippen molar-refractivity contribution in [2.45, 2.75) is 25.6 Å². The van der Waals surface area contributed by atoms with Crippen LogP contribution >= 0.6 is 35.7 Å². The summed E-state index contributed by atoms with van der Waals surface area (Å²) >= 11 is 2.05. The van der Waals surface area contributed by atoms with E-state index in [1.54, 1.807) is 12.1 Å². The van der Waals surface area contributed by atoms with E-state index in [1.807, 2.05) is 7.05 Å². The fourth-order valence-electron chi connectivity index (χ4n) is 2.39. The van der Waals surface area contributed by atoms with Gasteiger partial charge in [-0.25, -0.2) is 4.39 Å². The molecule has 0 bridgehead atoms. The maximum absolute atomic E-state index is 12.9. The lowest BCUT2D eigenvalue weighted by atomic mass is 10.1. The quantitative estimate of drug-likeness (QED) is 0.445. The molecule has 1 saturated heterocycles. The van der Waals surface area contributed by atoms with Gasteiger partial charge in [0.15, 0.2) is 5.96 Å². The van der Waals surface area contributed by atoms with E-state index in [0.29, 0.717) is 17.7 Å². The van der Waals surface area contributed by atoms with E-state index in [2.05, 4.69) is 40.8 Å². The van der Waals surface area contributed by atoms with E-state index in [9.17, 15) is 4.39 Å². The van der Waals surface area contributed by atoms with Gasteiger partial charge in [0.1, 0.15) is 5.82 Å². The molecule has 1 N–H and O–H groups in total. The van der Waals surface area contributed by atoms with Crippen molar-refractivity contribution in [3.63, 3.8) is 0 Å². The third-order valence-electron chi connectivity index (χ3n) is 3.71. The second-order valence-electron chi connectivity index (χ2n) is 5.63. The maximum atomic E-state index is 12.9. The second kappa shape index (κ2) is 9.60. The molecule has 1 aliphatic heterocycles. The van der Waals surface area contributed by atoms with Crippen molar-refractivity contribution in [1.82, 2.24) is 10.2 Å². The topological polar surface area (TPSA) is 27.6 Å². The van der Waals surface area contributed by atoms with Crippen LogP contribution in [-0.2, 0) is 6.54 Å². The molecule has 22 heavy (non-hydrogen) atoms. The Morgan fingerprint density at radius 3 is 2.68 bits per heavy atom. The summed E-state index contributed by atoms with van der Waals surface area (Å²) in [6, 6.07) is 6.59. The van der Waals surface area contributed by atoms with Crippen LogP contribution in [0.15, 0.2) is 29.3 Å². The molecule has 1 unspecified atom stereocenters. The molecule has 0 aliphatic carbocycles. The molecule has 0 spiro atoms. The Hall–Kier alpha value is -0.500. The zero-order valence-electron chi connectivity index (χ0n) is 13.4. The van der Waals surface area contributed by atoms with Crippen LogP contribution in [0.4, 0.5) is 4.39 Å². The minimum atomic E-state index is -0.198. The van der Waals surface area contributed by atoms with E-state index in [0.717, 1.165) is 30.4 Å². The van der Waals surface area contributed by atoms with Crippen molar-refractivity contribution in [2.75, 3.05) is 25.9 Å². The lowest BCUT2D eigenvalue weighted by Crippen LogP contribution is -2.48. The summed E-state index contributed by atoms with van der Waals surface area (Å²) in [6.07, 6.45) is 0. The molecular weight excluding hydrogens is 412 g/mol. The zero-order valence-corrected chi connectivity index (χ0v) is 16.5. The average Bonchev–Trinajstić information content (AvgIpc) is 2.50. The molecule has 0 aromatic heterocycles. The normalized spacial score (nSPS) is 19.0. The summed E-state index contributed by atoms with van der Waals surface area (Å²) in [5, 5.41) is 4.03. The molecule has 124 valence electrons.